The second kappa shape index (κ2) is 10.5. The molecule has 3 aromatic carbocycles. The normalized spacial score (nSPS) is 11.4. The van der Waals surface area contributed by atoms with Gasteiger partial charge in [0.15, 0.2) is 5.76 Å². The molecule has 0 bridgehead atoms. The van der Waals surface area contributed by atoms with Gasteiger partial charge in [-0.3, -0.25) is 9.59 Å². The van der Waals surface area contributed by atoms with Crippen LogP contribution in [0, 0.1) is 0 Å². The summed E-state index contributed by atoms with van der Waals surface area (Å²) in [5.74, 6) is -1.40. The van der Waals surface area contributed by atoms with E-state index in [0.717, 1.165) is 10.5 Å². The first-order valence-electron chi connectivity index (χ1n) is 10.3. The van der Waals surface area contributed by atoms with Crippen molar-refractivity contribution in [1.29, 1.82) is 0 Å². The van der Waals surface area contributed by atoms with E-state index < -0.39 is 11.2 Å². The lowest BCUT2D eigenvalue weighted by Crippen LogP contribution is -2.19. The smallest absolute Gasteiger partial charge is 0.335 e. The van der Waals surface area contributed by atoms with Gasteiger partial charge >= 0.3 is 5.97 Å². The Kier molecular flexibility index (Phi) is 7.10. The Bertz CT molecular complexity index is 1270. The van der Waals surface area contributed by atoms with Gasteiger partial charge in [-0.25, -0.2) is 4.79 Å². The highest BCUT2D eigenvalue weighted by molar-refractivity contribution is 8.00. The molecule has 0 radical (unpaired) electrons. The molecule has 4 aromatic rings. The van der Waals surface area contributed by atoms with E-state index in [1.807, 2.05) is 42.5 Å². The van der Waals surface area contributed by atoms with Crippen LogP contribution in [0.2, 0.25) is 0 Å². The molecule has 0 spiro atoms. The predicted octanol–water partition coefficient (Wildman–Crippen LogP) is 5.70. The fourth-order valence-corrected chi connectivity index (χ4v) is 4.18. The Balaban J connectivity index is 1.48. The minimum Gasteiger partial charge on any atom is -0.478 e. The molecule has 0 aliphatic heterocycles. The number of hydrogen-bond donors (Lipinski definition) is 3. The zero-order valence-corrected chi connectivity index (χ0v) is 18.6. The van der Waals surface area contributed by atoms with E-state index >= 15 is 0 Å². The molecule has 1 atom stereocenters. The van der Waals surface area contributed by atoms with E-state index in [0.29, 0.717) is 11.4 Å². The molecule has 34 heavy (non-hydrogen) atoms. The third-order valence-corrected chi connectivity index (χ3v) is 6.12. The number of thioether (sulfide) groups is 1. The van der Waals surface area contributed by atoms with Gasteiger partial charge in [-0.05, 0) is 66.2 Å². The Hall–Kier alpha value is -4.30. The first-order chi connectivity index (χ1) is 16.5. The van der Waals surface area contributed by atoms with Crippen LogP contribution in [0.1, 0.15) is 31.7 Å². The largest absolute Gasteiger partial charge is 0.478 e. The molecular formula is C26H20N2O5S. The molecule has 0 saturated carbocycles. The predicted molar refractivity (Wildman–Crippen MR) is 130 cm³/mol. The van der Waals surface area contributed by atoms with Crippen LogP contribution in [0.5, 0.6) is 0 Å². The molecule has 0 aliphatic carbocycles. The number of carbonyl (C=O) groups excluding carboxylic acids is 2. The number of aromatic carboxylic acids is 1. The zero-order valence-electron chi connectivity index (χ0n) is 17.8. The molecule has 2 amide bonds. The molecule has 0 fully saturated rings. The molecule has 170 valence electrons. The number of nitrogens with one attached hydrogen (secondary N) is 2. The van der Waals surface area contributed by atoms with Crippen LogP contribution in [0.15, 0.2) is 107 Å². The molecule has 1 unspecified atom stereocenters. The first-order valence-corrected chi connectivity index (χ1v) is 11.2. The van der Waals surface area contributed by atoms with Crippen LogP contribution >= 0.6 is 11.8 Å². The average Bonchev–Trinajstić information content (AvgIpc) is 3.40. The molecule has 0 saturated heterocycles. The summed E-state index contributed by atoms with van der Waals surface area (Å²) >= 11 is 1.37. The first kappa shape index (κ1) is 22.9. The maximum Gasteiger partial charge on any atom is 0.335 e. The van der Waals surface area contributed by atoms with Crippen molar-refractivity contribution in [2.75, 3.05) is 10.6 Å². The van der Waals surface area contributed by atoms with Gasteiger partial charge in [0.1, 0.15) is 5.25 Å². The number of rotatable bonds is 8. The Morgan fingerprint density at radius 3 is 2.03 bits per heavy atom. The second-order valence-electron chi connectivity index (χ2n) is 7.24. The van der Waals surface area contributed by atoms with Crippen molar-refractivity contribution in [3.05, 3.63) is 114 Å². The van der Waals surface area contributed by atoms with Crippen molar-refractivity contribution in [1.82, 2.24) is 0 Å². The highest BCUT2D eigenvalue weighted by atomic mass is 32.2. The highest BCUT2D eigenvalue weighted by Gasteiger charge is 2.22. The van der Waals surface area contributed by atoms with Crippen molar-refractivity contribution >= 4 is 40.9 Å². The van der Waals surface area contributed by atoms with E-state index in [9.17, 15) is 14.4 Å². The number of furan rings is 1. The fraction of sp³-hybridized carbons (Fsp3) is 0.0385. The highest BCUT2D eigenvalue weighted by Crippen LogP contribution is 2.36. The lowest BCUT2D eigenvalue weighted by atomic mass is 10.1. The number of benzene rings is 3. The topological polar surface area (TPSA) is 109 Å². The third kappa shape index (κ3) is 5.73. The molecule has 1 heterocycles. The van der Waals surface area contributed by atoms with E-state index in [4.69, 9.17) is 9.52 Å². The summed E-state index contributed by atoms with van der Waals surface area (Å²) in [5.41, 5.74) is 2.08. The SMILES string of the molecule is O=C(O)c1ccc(NC(=O)C(Sc2ccc(NC(=O)c3ccco3)cc2)c2ccccc2)cc1. The maximum absolute atomic E-state index is 13.2. The van der Waals surface area contributed by atoms with Crippen molar-refractivity contribution in [3.63, 3.8) is 0 Å². The number of hydrogen-bond acceptors (Lipinski definition) is 5. The summed E-state index contributed by atoms with van der Waals surface area (Å²) in [6, 6.07) is 25.8. The van der Waals surface area contributed by atoms with Crippen molar-refractivity contribution < 1.29 is 23.9 Å². The third-order valence-electron chi connectivity index (χ3n) is 4.85. The van der Waals surface area contributed by atoms with E-state index in [1.54, 1.807) is 36.4 Å². The monoisotopic (exact) mass is 472 g/mol. The standard InChI is InChI=1S/C26H20N2O5S/c29-24(22-7-4-16-33-22)27-20-12-14-21(15-13-20)34-23(17-5-2-1-3-6-17)25(30)28-19-10-8-18(9-11-19)26(31)32/h1-16,23H,(H,27,29)(H,28,30)(H,31,32). The van der Waals surface area contributed by atoms with Gasteiger partial charge in [0.2, 0.25) is 5.91 Å². The quantitative estimate of drug-likeness (QED) is 0.284. The van der Waals surface area contributed by atoms with Crippen LogP contribution < -0.4 is 10.6 Å². The van der Waals surface area contributed by atoms with Crippen molar-refractivity contribution in [2.24, 2.45) is 0 Å². The van der Waals surface area contributed by atoms with Gasteiger partial charge in [-0.1, -0.05) is 30.3 Å². The summed E-state index contributed by atoms with van der Waals surface area (Å²) in [7, 11) is 0. The summed E-state index contributed by atoms with van der Waals surface area (Å²) in [5, 5.41) is 14.1. The number of carboxylic acid groups (broad SMARTS) is 1. The summed E-state index contributed by atoms with van der Waals surface area (Å²) in [6.07, 6.45) is 1.43. The van der Waals surface area contributed by atoms with Crippen LogP contribution in [-0.2, 0) is 4.79 Å². The lowest BCUT2D eigenvalue weighted by Gasteiger charge is -2.17. The molecule has 8 heteroatoms. The second-order valence-corrected chi connectivity index (χ2v) is 8.41. The van der Waals surface area contributed by atoms with E-state index in [1.165, 1.54) is 30.2 Å². The minimum atomic E-state index is -1.03. The van der Waals surface area contributed by atoms with Gasteiger partial charge in [-0.2, -0.15) is 0 Å². The lowest BCUT2D eigenvalue weighted by molar-refractivity contribution is -0.115. The van der Waals surface area contributed by atoms with Gasteiger partial charge in [0.25, 0.3) is 5.91 Å². The number of amides is 2. The minimum absolute atomic E-state index is 0.145. The molecule has 0 aliphatic rings. The maximum atomic E-state index is 13.2. The molecular weight excluding hydrogens is 452 g/mol. The van der Waals surface area contributed by atoms with Gasteiger partial charge in [0.05, 0.1) is 11.8 Å². The van der Waals surface area contributed by atoms with E-state index in [-0.39, 0.29) is 23.1 Å². The van der Waals surface area contributed by atoms with Gasteiger partial charge in [-0.15, -0.1) is 11.8 Å². The van der Waals surface area contributed by atoms with Crippen LogP contribution in [-0.4, -0.2) is 22.9 Å². The molecule has 4 rings (SSSR count). The summed E-state index contributed by atoms with van der Waals surface area (Å²) in [6.45, 7) is 0. The summed E-state index contributed by atoms with van der Waals surface area (Å²) < 4.78 is 5.10. The van der Waals surface area contributed by atoms with Crippen LogP contribution in [0.3, 0.4) is 0 Å². The summed E-state index contributed by atoms with van der Waals surface area (Å²) in [4.78, 5) is 37.2. The number of carbonyl (C=O) groups is 3. The van der Waals surface area contributed by atoms with Crippen LogP contribution in [0.25, 0.3) is 0 Å². The molecule has 1 aromatic heterocycles. The van der Waals surface area contributed by atoms with Gasteiger partial charge in [0, 0.05) is 16.3 Å². The number of carboxylic acids is 1. The number of anilines is 2. The van der Waals surface area contributed by atoms with Gasteiger partial charge < -0.3 is 20.2 Å². The van der Waals surface area contributed by atoms with E-state index in [2.05, 4.69) is 10.6 Å². The van der Waals surface area contributed by atoms with Crippen molar-refractivity contribution in [2.45, 2.75) is 10.1 Å². The van der Waals surface area contributed by atoms with Crippen LogP contribution in [0.4, 0.5) is 11.4 Å². The Morgan fingerprint density at radius 1 is 0.765 bits per heavy atom. The molecule has 7 nitrogen and oxygen atoms in total. The van der Waals surface area contributed by atoms with Crippen molar-refractivity contribution in [3.8, 4) is 0 Å². The molecule has 3 N–H and O–H groups in total. The average molecular weight is 473 g/mol. The Morgan fingerprint density at radius 2 is 1.41 bits per heavy atom. The Labute approximate surface area is 199 Å². The zero-order chi connectivity index (χ0) is 23.9. The fourth-order valence-electron chi connectivity index (χ4n) is 3.16.